The summed E-state index contributed by atoms with van der Waals surface area (Å²) in [5.74, 6) is 0.965. The summed E-state index contributed by atoms with van der Waals surface area (Å²) in [5.41, 5.74) is 1.21. The van der Waals surface area contributed by atoms with Crippen LogP contribution in [0.2, 0.25) is 0 Å². The molecule has 0 bridgehead atoms. The van der Waals surface area contributed by atoms with Crippen LogP contribution in [-0.2, 0) is 20.0 Å². The molecule has 114 valence electrons. The number of imidazole rings is 1. The molecule has 0 unspecified atom stereocenters. The molecule has 0 saturated heterocycles. The van der Waals surface area contributed by atoms with E-state index in [9.17, 15) is 4.79 Å². The van der Waals surface area contributed by atoms with Gasteiger partial charge in [-0.3, -0.25) is 0 Å². The van der Waals surface area contributed by atoms with Crippen LogP contribution in [0.1, 0.15) is 11.5 Å². The number of hydrogen-bond donors (Lipinski definition) is 1. The maximum Gasteiger partial charge on any atom is 0.317 e. The van der Waals surface area contributed by atoms with Gasteiger partial charge in [0.1, 0.15) is 5.82 Å². The maximum atomic E-state index is 12.0. The van der Waals surface area contributed by atoms with E-state index in [1.807, 2.05) is 44.0 Å². The van der Waals surface area contributed by atoms with E-state index < -0.39 is 0 Å². The Balaban J connectivity index is 1.70. The highest BCUT2D eigenvalue weighted by Crippen LogP contribution is 2.00. The number of nitrogens with zero attached hydrogens (tertiary/aromatic N) is 4. The van der Waals surface area contributed by atoms with E-state index in [0.717, 1.165) is 18.8 Å². The van der Waals surface area contributed by atoms with Crippen molar-refractivity contribution in [2.75, 3.05) is 20.1 Å². The van der Waals surface area contributed by atoms with Crippen LogP contribution in [0.25, 0.3) is 0 Å². The highest BCUT2D eigenvalue weighted by molar-refractivity contribution is 5.73. The van der Waals surface area contributed by atoms with E-state index >= 15 is 0 Å². The van der Waals surface area contributed by atoms with E-state index in [1.165, 1.54) is 5.69 Å². The predicted molar refractivity (Wildman–Crippen MR) is 82.1 cm³/mol. The topological polar surface area (TPSA) is 55.1 Å². The monoisotopic (exact) mass is 289 g/mol. The molecule has 2 amide bonds. The SMILES string of the molecule is Cc1nccn1CCN(C)C(=O)NCCc1cccn1C. The van der Waals surface area contributed by atoms with Crippen molar-refractivity contribution < 1.29 is 4.79 Å². The quantitative estimate of drug-likeness (QED) is 0.874. The zero-order chi connectivity index (χ0) is 15.2. The Bertz CT molecular complexity index is 586. The summed E-state index contributed by atoms with van der Waals surface area (Å²) in [6.45, 7) is 4.02. The minimum atomic E-state index is -0.0398. The molecule has 0 aromatic carbocycles. The van der Waals surface area contributed by atoms with Gasteiger partial charge in [0.2, 0.25) is 0 Å². The zero-order valence-electron chi connectivity index (χ0n) is 12.9. The van der Waals surface area contributed by atoms with Crippen LogP contribution in [0, 0.1) is 6.92 Å². The first-order valence-electron chi connectivity index (χ1n) is 7.15. The second-order valence-corrected chi connectivity index (χ2v) is 5.18. The Morgan fingerprint density at radius 2 is 2.24 bits per heavy atom. The Morgan fingerprint density at radius 3 is 2.86 bits per heavy atom. The summed E-state index contributed by atoms with van der Waals surface area (Å²) in [4.78, 5) is 17.9. The van der Waals surface area contributed by atoms with Crippen molar-refractivity contribution in [2.24, 2.45) is 7.05 Å². The first kappa shape index (κ1) is 15.2. The second kappa shape index (κ2) is 6.97. The van der Waals surface area contributed by atoms with Gasteiger partial charge in [-0.25, -0.2) is 9.78 Å². The van der Waals surface area contributed by atoms with Crippen LogP contribution in [0.3, 0.4) is 0 Å². The van der Waals surface area contributed by atoms with Gasteiger partial charge in [-0.1, -0.05) is 0 Å². The minimum absolute atomic E-state index is 0.0398. The van der Waals surface area contributed by atoms with Gasteiger partial charge in [0.25, 0.3) is 0 Å². The fraction of sp³-hybridized carbons (Fsp3) is 0.467. The average Bonchev–Trinajstić information content (AvgIpc) is 3.05. The van der Waals surface area contributed by atoms with Gasteiger partial charge in [-0.2, -0.15) is 0 Å². The number of aryl methyl sites for hydroxylation is 2. The van der Waals surface area contributed by atoms with Crippen molar-refractivity contribution in [1.82, 2.24) is 24.3 Å². The molecule has 0 fully saturated rings. The molecule has 2 rings (SSSR count). The Kier molecular flexibility index (Phi) is 5.03. The number of nitrogens with one attached hydrogen (secondary N) is 1. The third-order valence-electron chi connectivity index (χ3n) is 3.66. The van der Waals surface area contributed by atoms with Crippen molar-refractivity contribution in [3.05, 3.63) is 42.2 Å². The van der Waals surface area contributed by atoms with E-state index in [4.69, 9.17) is 0 Å². The van der Waals surface area contributed by atoms with Gasteiger partial charge >= 0.3 is 6.03 Å². The summed E-state index contributed by atoms with van der Waals surface area (Å²) in [7, 11) is 3.82. The second-order valence-electron chi connectivity index (χ2n) is 5.18. The third kappa shape index (κ3) is 4.11. The molecule has 6 heteroatoms. The van der Waals surface area contributed by atoms with E-state index in [1.54, 1.807) is 11.1 Å². The van der Waals surface area contributed by atoms with E-state index in [2.05, 4.69) is 20.9 Å². The van der Waals surface area contributed by atoms with Crippen molar-refractivity contribution in [3.8, 4) is 0 Å². The molecule has 2 aromatic rings. The molecular formula is C15H23N5O. The Hall–Kier alpha value is -2.24. The highest BCUT2D eigenvalue weighted by atomic mass is 16.2. The predicted octanol–water partition coefficient (Wildman–Crippen LogP) is 1.41. The van der Waals surface area contributed by atoms with Crippen molar-refractivity contribution >= 4 is 6.03 Å². The molecule has 0 radical (unpaired) electrons. The molecule has 0 saturated carbocycles. The van der Waals surface area contributed by atoms with Crippen LogP contribution in [0.5, 0.6) is 0 Å². The van der Waals surface area contributed by atoms with Gasteiger partial charge in [0, 0.05) is 64.4 Å². The Labute approximate surface area is 125 Å². The van der Waals surface area contributed by atoms with Crippen LogP contribution in [0.15, 0.2) is 30.7 Å². The van der Waals surface area contributed by atoms with Gasteiger partial charge in [-0.15, -0.1) is 0 Å². The molecule has 0 aliphatic heterocycles. The summed E-state index contributed by atoms with van der Waals surface area (Å²) in [6.07, 6.45) is 6.55. The number of likely N-dealkylation sites (N-methyl/N-ethyl adjacent to an activating group) is 1. The third-order valence-corrected chi connectivity index (χ3v) is 3.66. The number of carbonyl (C=O) groups excluding carboxylic acids is 1. The van der Waals surface area contributed by atoms with Crippen LogP contribution < -0.4 is 5.32 Å². The molecule has 2 heterocycles. The van der Waals surface area contributed by atoms with E-state index in [0.29, 0.717) is 13.1 Å². The molecule has 2 aromatic heterocycles. The largest absolute Gasteiger partial charge is 0.354 e. The molecule has 21 heavy (non-hydrogen) atoms. The smallest absolute Gasteiger partial charge is 0.317 e. The van der Waals surface area contributed by atoms with Crippen molar-refractivity contribution in [3.63, 3.8) is 0 Å². The lowest BCUT2D eigenvalue weighted by atomic mass is 10.3. The van der Waals surface area contributed by atoms with Crippen LogP contribution in [0.4, 0.5) is 4.79 Å². The summed E-state index contributed by atoms with van der Waals surface area (Å²) >= 11 is 0. The van der Waals surface area contributed by atoms with Crippen molar-refractivity contribution in [1.29, 1.82) is 0 Å². The number of aromatic nitrogens is 3. The minimum Gasteiger partial charge on any atom is -0.354 e. The summed E-state index contributed by atoms with van der Waals surface area (Å²) < 4.78 is 4.10. The molecule has 6 nitrogen and oxygen atoms in total. The van der Waals surface area contributed by atoms with Gasteiger partial charge in [0.15, 0.2) is 0 Å². The van der Waals surface area contributed by atoms with Gasteiger partial charge in [-0.05, 0) is 19.1 Å². The van der Waals surface area contributed by atoms with Gasteiger partial charge in [0.05, 0.1) is 0 Å². The molecule has 0 atom stereocenters. The fourth-order valence-electron chi connectivity index (χ4n) is 2.19. The lowest BCUT2D eigenvalue weighted by Gasteiger charge is -2.18. The molecule has 0 aliphatic rings. The zero-order valence-corrected chi connectivity index (χ0v) is 12.9. The number of hydrogen-bond acceptors (Lipinski definition) is 2. The van der Waals surface area contributed by atoms with Crippen LogP contribution in [-0.4, -0.2) is 45.2 Å². The standard InChI is InChI=1S/C15H23N5O/c1-13-16-8-10-20(13)12-11-19(3)15(21)17-7-6-14-5-4-9-18(14)2/h4-5,8-10H,6-7,11-12H2,1-3H3,(H,17,21). The van der Waals surface area contributed by atoms with Gasteiger partial charge < -0.3 is 19.4 Å². The first-order chi connectivity index (χ1) is 10.1. The Morgan fingerprint density at radius 1 is 1.43 bits per heavy atom. The van der Waals surface area contributed by atoms with Crippen LogP contribution >= 0.6 is 0 Å². The van der Waals surface area contributed by atoms with Crippen molar-refractivity contribution in [2.45, 2.75) is 19.9 Å². The number of urea groups is 1. The lowest BCUT2D eigenvalue weighted by molar-refractivity contribution is 0.207. The normalized spacial score (nSPS) is 10.6. The lowest BCUT2D eigenvalue weighted by Crippen LogP contribution is -2.39. The highest BCUT2D eigenvalue weighted by Gasteiger charge is 2.08. The number of rotatable bonds is 6. The van der Waals surface area contributed by atoms with E-state index in [-0.39, 0.29) is 6.03 Å². The number of carbonyl (C=O) groups is 1. The maximum absolute atomic E-state index is 12.0. The number of amides is 2. The first-order valence-corrected chi connectivity index (χ1v) is 7.15. The molecule has 0 spiro atoms. The molecule has 1 N–H and O–H groups in total. The summed E-state index contributed by atoms with van der Waals surface area (Å²) in [6, 6.07) is 4.04. The summed E-state index contributed by atoms with van der Waals surface area (Å²) in [5, 5.41) is 2.94. The molecule has 0 aliphatic carbocycles. The average molecular weight is 289 g/mol. The fourth-order valence-corrected chi connectivity index (χ4v) is 2.19. The molecular weight excluding hydrogens is 266 g/mol.